The molecule has 0 fully saturated rings. The summed E-state index contributed by atoms with van der Waals surface area (Å²) in [5.41, 5.74) is 1.85. The second-order valence-corrected chi connectivity index (χ2v) is 9.41. The van der Waals surface area contributed by atoms with E-state index in [0.717, 1.165) is 19.8 Å². The number of benzene rings is 2. The van der Waals surface area contributed by atoms with Crippen LogP contribution in [0.4, 0.5) is 5.69 Å². The molecular formula is C13H9BrCl2NPd. The van der Waals surface area contributed by atoms with Crippen molar-refractivity contribution >= 4 is 50.9 Å². The van der Waals surface area contributed by atoms with Gasteiger partial charge in [-0.05, 0) is 0 Å². The molecule has 0 aromatic heterocycles. The molecule has 0 unspecified atom stereocenters. The summed E-state index contributed by atoms with van der Waals surface area (Å²) < 4.78 is 1.91. The molecule has 0 atom stereocenters. The molecular weight excluding hydrogens is 427 g/mol. The Morgan fingerprint density at radius 3 is 2.39 bits per heavy atom. The third-order valence-corrected chi connectivity index (χ3v) is 5.73. The zero-order chi connectivity index (χ0) is 13.0. The van der Waals surface area contributed by atoms with Crippen LogP contribution < -0.4 is 4.04 Å². The van der Waals surface area contributed by atoms with Crippen LogP contribution in [0, 0.1) is 0 Å². The molecule has 0 radical (unpaired) electrons. The molecule has 0 spiro atoms. The van der Waals surface area contributed by atoms with Gasteiger partial charge < -0.3 is 0 Å². The molecule has 5 heteroatoms. The van der Waals surface area contributed by atoms with E-state index in [1.54, 1.807) is 6.21 Å². The summed E-state index contributed by atoms with van der Waals surface area (Å²) in [5.74, 6) is 0. The van der Waals surface area contributed by atoms with Gasteiger partial charge in [0.2, 0.25) is 0 Å². The molecule has 0 heterocycles. The normalized spacial score (nSPS) is 11.8. The monoisotopic (exact) mass is 434 g/mol. The van der Waals surface area contributed by atoms with Crippen LogP contribution in [0.2, 0.25) is 0 Å². The van der Waals surface area contributed by atoms with Crippen molar-refractivity contribution in [3.05, 3.63) is 58.6 Å². The van der Waals surface area contributed by atoms with Crippen molar-refractivity contribution in [1.29, 1.82) is 0 Å². The Balaban J connectivity index is 2.37. The summed E-state index contributed by atoms with van der Waals surface area (Å²) in [6.45, 7) is 0. The quantitative estimate of drug-likeness (QED) is 0.487. The van der Waals surface area contributed by atoms with Crippen molar-refractivity contribution in [2.75, 3.05) is 0 Å². The van der Waals surface area contributed by atoms with Gasteiger partial charge in [-0.15, -0.1) is 0 Å². The second kappa shape index (κ2) is 6.84. The topological polar surface area (TPSA) is 12.4 Å². The van der Waals surface area contributed by atoms with E-state index in [0.29, 0.717) is 0 Å². The summed E-state index contributed by atoms with van der Waals surface area (Å²) in [5, 5.41) is 0. The number of halogens is 3. The molecule has 0 aliphatic heterocycles. The van der Waals surface area contributed by atoms with Gasteiger partial charge in [-0.25, -0.2) is 0 Å². The third-order valence-electron chi connectivity index (χ3n) is 2.20. The zero-order valence-corrected chi connectivity index (χ0v) is 13.7. The van der Waals surface area contributed by atoms with Gasteiger partial charge in [0, 0.05) is 0 Å². The van der Waals surface area contributed by atoms with E-state index in [1.807, 2.05) is 48.5 Å². The van der Waals surface area contributed by atoms with E-state index >= 15 is 0 Å². The number of hydrogen-bond acceptors (Lipinski definition) is 1. The van der Waals surface area contributed by atoms with Crippen LogP contribution in [0.3, 0.4) is 0 Å². The fraction of sp³-hybridized carbons (Fsp3) is 0. The Kier molecular flexibility index (Phi) is 5.42. The van der Waals surface area contributed by atoms with E-state index < -0.39 is 14.7 Å². The zero-order valence-electron chi connectivity index (χ0n) is 9.09. The molecule has 0 amide bonds. The summed E-state index contributed by atoms with van der Waals surface area (Å²) in [4.78, 5) is 4.43. The van der Waals surface area contributed by atoms with Gasteiger partial charge in [0.25, 0.3) is 0 Å². The minimum absolute atomic E-state index is 0.902. The average Bonchev–Trinajstić information content (AvgIpc) is 2.38. The van der Waals surface area contributed by atoms with Crippen LogP contribution in [-0.2, 0) is 14.7 Å². The maximum absolute atomic E-state index is 6.06. The van der Waals surface area contributed by atoms with Gasteiger partial charge >= 0.3 is 129 Å². The van der Waals surface area contributed by atoms with E-state index in [9.17, 15) is 0 Å². The second-order valence-electron chi connectivity index (χ2n) is 3.36. The van der Waals surface area contributed by atoms with E-state index in [-0.39, 0.29) is 0 Å². The number of nitrogens with zero attached hydrogens (tertiary/aromatic N) is 1. The summed E-state index contributed by atoms with van der Waals surface area (Å²) in [6, 6.07) is 15.6. The Morgan fingerprint density at radius 2 is 1.72 bits per heavy atom. The molecule has 1 nitrogen and oxygen atoms in total. The van der Waals surface area contributed by atoms with Gasteiger partial charge in [-0.2, -0.15) is 0 Å². The first-order valence-electron chi connectivity index (χ1n) is 5.01. The average molecular weight is 436 g/mol. The third kappa shape index (κ3) is 3.66. The van der Waals surface area contributed by atoms with Crippen LogP contribution in [0.1, 0.15) is 5.56 Å². The van der Waals surface area contributed by atoms with E-state index in [4.69, 9.17) is 19.1 Å². The minimum atomic E-state index is -1.69. The first-order valence-corrected chi connectivity index (χ1v) is 10.6. The van der Waals surface area contributed by atoms with Gasteiger partial charge in [0.1, 0.15) is 0 Å². The molecule has 0 bridgehead atoms. The van der Waals surface area contributed by atoms with Crippen LogP contribution in [-0.4, -0.2) is 6.21 Å². The standard InChI is InChI=1S/C13H9BrN.2ClH.Pd/c14-13-9-5-4-6-11(13)10-15-12-7-2-1-3-8-12;;;/h1-5,7-10H;2*1H;/q;;;+2/p-2. The van der Waals surface area contributed by atoms with Gasteiger partial charge in [-0.3, -0.25) is 0 Å². The first kappa shape index (κ1) is 14.2. The Labute approximate surface area is 128 Å². The summed E-state index contributed by atoms with van der Waals surface area (Å²) in [6.07, 6.45) is 1.80. The molecule has 0 aliphatic carbocycles. The van der Waals surface area contributed by atoms with Gasteiger partial charge in [0.05, 0.1) is 0 Å². The van der Waals surface area contributed by atoms with Crippen molar-refractivity contribution < 1.29 is 14.7 Å². The fourth-order valence-corrected chi connectivity index (χ4v) is 4.30. The van der Waals surface area contributed by atoms with E-state index in [2.05, 4.69) is 20.9 Å². The van der Waals surface area contributed by atoms with Gasteiger partial charge in [0.15, 0.2) is 0 Å². The van der Waals surface area contributed by atoms with Crippen molar-refractivity contribution in [3.8, 4) is 0 Å². The Morgan fingerprint density at radius 1 is 1.00 bits per heavy atom. The molecule has 18 heavy (non-hydrogen) atoms. The Bertz CT molecular complexity index is 558. The molecule has 2 rings (SSSR count). The molecule has 0 aliphatic rings. The molecule has 0 N–H and O–H groups in total. The predicted octanol–water partition coefficient (Wildman–Crippen LogP) is 4.75. The molecule has 2 aromatic carbocycles. The molecule has 0 saturated heterocycles. The SMILES string of the molecule is [Cl][Pd]([Cl])[c]1cccc(Br)c1C=Nc1ccccc1. The Hall–Kier alpha value is -0.168. The number of aliphatic imine (C=N–C) groups is 1. The number of rotatable bonds is 3. The number of hydrogen-bond donors (Lipinski definition) is 0. The predicted molar refractivity (Wildman–Crippen MR) is 79.2 cm³/mol. The molecule has 2 aromatic rings. The van der Waals surface area contributed by atoms with E-state index in [1.165, 1.54) is 0 Å². The molecule has 0 saturated carbocycles. The van der Waals surface area contributed by atoms with Crippen molar-refractivity contribution in [2.45, 2.75) is 0 Å². The van der Waals surface area contributed by atoms with Crippen LogP contribution in [0.25, 0.3) is 0 Å². The van der Waals surface area contributed by atoms with Crippen molar-refractivity contribution in [3.63, 3.8) is 0 Å². The first-order chi connectivity index (χ1) is 8.68. The summed E-state index contributed by atoms with van der Waals surface area (Å²) in [7, 11) is 12.1. The maximum atomic E-state index is 6.06. The molecule has 97 valence electrons. The number of para-hydroxylation sites is 1. The van der Waals surface area contributed by atoms with Crippen LogP contribution in [0.5, 0.6) is 0 Å². The van der Waals surface area contributed by atoms with Gasteiger partial charge in [-0.1, -0.05) is 0 Å². The fourth-order valence-electron chi connectivity index (χ4n) is 1.37. The van der Waals surface area contributed by atoms with Crippen molar-refractivity contribution in [2.24, 2.45) is 4.99 Å². The van der Waals surface area contributed by atoms with Crippen LogP contribution >= 0.6 is 35.0 Å². The van der Waals surface area contributed by atoms with Crippen LogP contribution in [0.15, 0.2) is 58.0 Å². The van der Waals surface area contributed by atoms with Crippen molar-refractivity contribution in [1.82, 2.24) is 0 Å². The summed E-state index contributed by atoms with van der Waals surface area (Å²) >= 11 is 1.81.